The third-order valence-corrected chi connectivity index (χ3v) is 5.19. The zero-order chi connectivity index (χ0) is 20.5. The molecule has 0 saturated carbocycles. The fourth-order valence-electron chi connectivity index (χ4n) is 2.64. The largest absolute Gasteiger partial charge is 0.448 e. The van der Waals surface area contributed by atoms with Gasteiger partial charge in [-0.3, -0.25) is 10.1 Å². The summed E-state index contributed by atoms with van der Waals surface area (Å²) in [5.41, 5.74) is 0.434. The lowest BCUT2D eigenvalue weighted by Crippen LogP contribution is -2.08. The van der Waals surface area contributed by atoms with Gasteiger partial charge >= 0.3 is 5.97 Å². The van der Waals surface area contributed by atoms with Gasteiger partial charge in [0.2, 0.25) is 5.89 Å². The van der Waals surface area contributed by atoms with E-state index < -0.39 is 22.8 Å². The quantitative estimate of drug-likeness (QED) is 0.260. The molecule has 146 valence electrons. The Morgan fingerprint density at radius 2 is 2.00 bits per heavy atom. The van der Waals surface area contributed by atoms with Gasteiger partial charge in [0.05, 0.1) is 4.92 Å². The molecule has 10 heteroatoms. The number of carbonyl (C=O) groups is 1. The van der Waals surface area contributed by atoms with Crippen LogP contribution in [-0.2, 0) is 4.74 Å². The Labute approximate surface area is 166 Å². The molecule has 0 amide bonds. The van der Waals surface area contributed by atoms with Crippen molar-refractivity contribution in [3.05, 3.63) is 75.2 Å². The minimum Gasteiger partial charge on any atom is -0.448 e. The maximum atomic E-state index is 13.8. The molecule has 2 aromatic carbocycles. The van der Waals surface area contributed by atoms with Gasteiger partial charge in [0.25, 0.3) is 11.6 Å². The highest BCUT2D eigenvalue weighted by molar-refractivity contribution is 7.20. The number of esters is 1. The standard InChI is InChI=1S/C19H12FN3O5S/c1-10(27-19(24)16-9-13-14(20)3-2-4-15(13)29-16)17-21-22-18(28-17)11-5-7-12(8-6-11)23(25)26/h2-10H,1H3. The van der Waals surface area contributed by atoms with E-state index in [-0.39, 0.29) is 22.3 Å². The summed E-state index contributed by atoms with van der Waals surface area (Å²) in [5, 5.41) is 18.8. The van der Waals surface area contributed by atoms with Crippen LogP contribution in [0.15, 0.2) is 52.9 Å². The summed E-state index contributed by atoms with van der Waals surface area (Å²) >= 11 is 1.13. The molecule has 2 aromatic heterocycles. The lowest BCUT2D eigenvalue weighted by atomic mass is 10.2. The Bertz CT molecular complexity index is 1220. The second-order valence-electron chi connectivity index (χ2n) is 6.06. The predicted molar refractivity (Wildman–Crippen MR) is 102 cm³/mol. The van der Waals surface area contributed by atoms with Gasteiger partial charge in [-0.15, -0.1) is 21.5 Å². The van der Waals surface area contributed by atoms with Crippen molar-refractivity contribution >= 4 is 33.1 Å². The molecule has 4 aromatic rings. The number of nitro groups is 1. The van der Waals surface area contributed by atoms with Crippen molar-refractivity contribution in [3.8, 4) is 11.5 Å². The lowest BCUT2D eigenvalue weighted by molar-refractivity contribution is -0.384. The van der Waals surface area contributed by atoms with Crippen LogP contribution in [0.4, 0.5) is 10.1 Å². The van der Waals surface area contributed by atoms with Crippen LogP contribution in [0.3, 0.4) is 0 Å². The summed E-state index contributed by atoms with van der Waals surface area (Å²) in [7, 11) is 0. The number of carbonyl (C=O) groups excluding carboxylic acids is 1. The first-order valence-electron chi connectivity index (χ1n) is 8.39. The van der Waals surface area contributed by atoms with E-state index >= 15 is 0 Å². The molecule has 0 aliphatic heterocycles. The Morgan fingerprint density at radius 3 is 2.69 bits per heavy atom. The van der Waals surface area contributed by atoms with Crippen LogP contribution >= 0.6 is 11.3 Å². The number of nitro benzene ring substituents is 1. The van der Waals surface area contributed by atoms with E-state index in [2.05, 4.69) is 10.2 Å². The van der Waals surface area contributed by atoms with Crippen LogP contribution in [-0.4, -0.2) is 21.1 Å². The Balaban J connectivity index is 1.49. The number of aromatic nitrogens is 2. The highest BCUT2D eigenvalue weighted by atomic mass is 32.1. The van der Waals surface area contributed by atoms with Gasteiger partial charge in [0.15, 0.2) is 6.10 Å². The monoisotopic (exact) mass is 413 g/mol. The minimum atomic E-state index is -0.836. The van der Waals surface area contributed by atoms with Crippen LogP contribution in [0.25, 0.3) is 21.5 Å². The molecule has 0 aliphatic rings. The van der Waals surface area contributed by atoms with Gasteiger partial charge < -0.3 is 9.15 Å². The predicted octanol–water partition coefficient (Wildman–Crippen LogP) is 4.92. The molecular weight excluding hydrogens is 401 g/mol. The fourth-order valence-corrected chi connectivity index (χ4v) is 3.59. The molecule has 0 aliphatic carbocycles. The smallest absolute Gasteiger partial charge is 0.349 e. The normalized spacial score (nSPS) is 12.1. The number of nitrogens with zero attached hydrogens (tertiary/aromatic N) is 3. The van der Waals surface area contributed by atoms with Crippen molar-refractivity contribution in [2.45, 2.75) is 13.0 Å². The van der Waals surface area contributed by atoms with Crippen molar-refractivity contribution in [1.29, 1.82) is 0 Å². The van der Waals surface area contributed by atoms with Crippen molar-refractivity contribution in [2.24, 2.45) is 0 Å². The molecule has 1 unspecified atom stereocenters. The number of ether oxygens (including phenoxy) is 1. The zero-order valence-electron chi connectivity index (χ0n) is 14.9. The van der Waals surface area contributed by atoms with Crippen molar-refractivity contribution in [3.63, 3.8) is 0 Å². The molecule has 4 rings (SSSR count). The maximum Gasteiger partial charge on any atom is 0.349 e. The number of thiophene rings is 1. The molecule has 2 heterocycles. The van der Waals surface area contributed by atoms with Crippen LogP contribution in [0.1, 0.15) is 28.6 Å². The summed E-state index contributed by atoms with van der Waals surface area (Å²) in [6, 6.07) is 11.7. The minimum absolute atomic E-state index is 0.0597. The van der Waals surface area contributed by atoms with Crippen LogP contribution in [0, 0.1) is 15.9 Å². The lowest BCUT2D eigenvalue weighted by Gasteiger charge is -2.07. The van der Waals surface area contributed by atoms with E-state index in [4.69, 9.17) is 9.15 Å². The number of rotatable bonds is 5. The van der Waals surface area contributed by atoms with Crippen LogP contribution in [0.2, 0.25) is 0 Å². The molecule has 0 bridgehead atoms. The zero-order valence-corrected chi connectivity index (χ0v) is 15.7. The van der Waals surface area contributed by atoms with Gasteiger partial charge in [-0.05, 0) is 37.3 Å². The Morgan fingerprint density at radius 1 is 1.24 bits per heavy atom. The molecular formula is C19H12FN3O5S. The topological polar surface area (TPSA) is 108 Å². The molecule has 8 nitrogen and oxygen atoms in total. The van der Waals surface area contributed by atoms with Gasteiger partial charge in [0, 0.05) is 27.8 Å². The fraction of sp³-hybridized carbons (Fsp3) is 0.105. The van der Waals surface area contributed by atoms with Crippen LogP contribution in [0.5, 0.6) is 0 Å². The van der Waals surface area contributed by atoms with E-state index in [1.165, 1.54) is 36.4 Å². The summed E-state index contributed by atoms with van der Waals surface area (Å²) in [5.74, 6) is -0.829. The average Bonchev–Trinajstić information content (AvgIpc) is 3.36. The van der Waals surface area contributed by atoms with E-state index in [1.54, 1.807) is 19.1 Å². The molecule has 29 heavy (non-hydrogen) atoms. The van der Waals surface area contributed by atoms with Gasteiger partial charge in [-0.1, -0.05) is 6.07 Å². The second kappa shape index (κ2) is 7.40. The summed E-state index contributed by atoms with van der Waals surface area (Å²) in [6.07, 6.45) is -0.836. The number of hydrogen-bond donors (Lipinski definition) is 0. The highest BCUT2D eigenvalue weighted by Crippen LogP contribution is 2.30. The summed E-state index contributed by atoms with van der Waals surface area (Å²) in [4.78, 5) is 22.9. The van der Waals surface area contributed by atoms with Crippen LogP contribution < -0.4 is 0 Å². The van der Waals surface area contributed by atoms with Crippen molar-refractivity contribution in [2.75, 3.05) is 0 Å². The molecule has 0 saturated heterocycles. The molecule has 1 atom stereocenters. The number of benzene rings is 2. The Kier molecular flexibility index (Phi) is 4.77. The molecule has 0 fully saturated rings. The van der Waals surface area contributed by atoms with Gasteiger partial charge in [-0.2, -0.15) is 0 Å². The molecule has 0 radical (unpaired) electrons. The highest BCUT2D eigenvalue weighted by Gasteiger charge is 2.22. The number of non-ortho nitro benzene ring substituents is 1. The summed E-state index contributed by atoms with van der Waals surface area (Å²) < 4.78 is 25.3. The first kappa shape index (κ1) is 18.7. The third-order valence-electron chi connectivity index (χ3n) is 4.11. The average molecular weight is 413 g/mol. The van der Waals surface area contributed by atoms with Gasteiger partial charge in [0.1, 0.15) is 10.7 Å². The Hall–Kier alpha value is -3.66. The molecule has 0 N–H and O–H groups in total. The number of hydrogen-bond acceptors (Lipinski definition) is 8. The first-order chi connectivity index (χ1) is 13.9. The van der Waals surface area contributed by atoms with Crippen molar-refractivity contribution in [1.82, 2.24) is 10.2 Å². The first-order valence-corrected chi connectivity index (χ1v) is 9.21. The SMILES string of the molecule is CC(OC(=O)c1cc2c(F)cccc2s1)c1nnc(-c2ccc([N+](=O)[O-])cc2)o1. The molecule has 0 spiro atoms. The van der Waals surface area contributed by atoms with E-state index in [9.17, 15) is 19.3 Å². The maximum absolute atomic E-state index is 13.8. The van der Waals surface area contributed by atoms with E-state index in [0.29, 0.717) is 15.6 Å². The third kappa shape index (κ3) is 3.69. The second-order valence-corrected chi connectivity index (χ2v) is 7.14. The number of halogens is 1. The summed E-state index contributed by atoms with van der Waals surface area (Å²) in [6.45, 7) is 1.57. The van der Waals surface area contributed by atoms with Crippen molar-refractivity contribution < 1.29 is 23.3 Å². The number of fused-ring (bicyclic) bond motifs is 1. The van der Waals surface area contributed by atoms with E-state index in [0.717, 1.165) is 11.3 Å². The van der Waals surface area contributed by atoms with Gasteiger partial charge in [-0.25, -0.2) is 9.18 Å². The van der Waals surface area contributed by atoms with E-state index in [1.807, 2.05) is 0 Å².